The maximum atomic E-state index is 10.6. The molecule has 1 N–H and O–H groups in total. The first-order valence-corrected chi connectivity index (χ1v) is 5.00. The van der Waals surface area contributed by atoms with Crippen LogP contribution in [-0.2, 0) is 0 Å². The molecule has 0 aliphatic rings. The molecule has 1 rings (SSSR count). The molecule has 0 atom stereocenters. The van der Waals surface area contributed by atoms with Gasteiger partial charge in [-0.15, -0.1) is 11.3 Å². The molecule has 0 unspecified atom stereocenters. The number of carboxylic acid groups (broad SMARTS) is 1. The molecule has 12 heavy (non-hydrogen) atoms. The molecule has 0 aliphatic heterocycles. The number of carbonyl (C=O) groups is 1. The van der Waals surface area contributed by atoms with Gasteiger partial charge in [-0.25, -0.2) is 9.78 Å². The molecule has 65 valence electrons. The summed E-state index contributed by atoms with van der Waals surface area (Å²) in [7, 11) is 0. The summed E-state index contributed by atoms with van der Waals surface area (Å²) in [5, 5.41) is 8.70. The second-order valence-corrected chi connectivity index (χ2v) is 4.40. The third kappa shape index (κ3) is 1.98. The van der Waals surface area contributed by atoms with Gasteiger partial charge < -0.3 is 5.11 Å². The van der Waals surface area contributed by atoms with Gasteiger partial charge in [0.15, 0.2) is 4.34 Å². The Labute approximate surface area is 78.8 Å². The highest BCUT2D eigenvalue weighted by Crippen LogP contribution is 2.28. The Bertz CT molecular complexity index is 296. The number of hydrogen-bond donors (Lipinski definition) is 1. The molecule has 0 aliphatic carbocycles. The van der Waals surface area contributed by atoms with Crippen LogP contribution in [0, 0.1) is 12.7 Å². The van der Waals surface area contributed by atoms with E-state index in [2.05, 4.69) is 4.98 Å². The minimum absolute atomic E-state index is 0.333. The average Bonchev–Trinajstić information content (AvgIpc) is 2.32. The highest BCUT2D eigenvalue weighted by molar-refractivity contribution is 8.02. The van der Waals surface area contributed by atoms with E-state index in [1.165, 1.54) is 23.1 Å². The number of rotatable bonds is 3. The zero-order chi connectivity index (χ0) is 9.14. The molecule has 0 bridgehead atoms. The largest absolute Gasteiger partial charge is 0.477 e. The van der Waals surface area contributed by atoms with Gasteiger partial charge in [-0.05, 0) is 6.92 Å². The molecule has 0 fully saturated rings. The number of aromatic carboxylic acids is 1. The van der Waals surface area contributed by atoms with Crippen molar-refractivity contribution in [3.63, 3.8) is 0 Å². The standard InChI is InChI=1S/C7H8NO2S2/c1-3-11-7-8-4(2)5(12-7)6(9)10/h3H,1-2H3,(H,9,10). The van der Waals surface area contributed by atoms with Crippen LogP contribution in [0.25, 0.3) is 0 Å². The second-order valence-electron chi connectivity index (χ2n) is 2.05. The first kappa shape index (κ1) is 9.54. The van der Waals surface area contributed by atoms with E-state index in [0.29, 0.717) is 10.6 Å². The lowest BCUT2D eigenvalue weighted by Crippen LogP contribution is -1.94. The van der Waals surface area contributed by atoms with Crippen molar-refractivity contribution in [2.75, 3.05) is 0 Å². The van der Waals surface area contributed by atoms with Gasteiger partial charge in [-0.2, -0.15) is 0 Å². The molecule has 1 radical (unpaired) electrons. The lowest BCUT2D eigenvalue weighted by Gasteiger charge is -1.85. The van der Waals surface area contributed by atoms with Crippen molar-refractivity contribution < 1.29 is 9.90 Å². The van der Waals surface area contributed by atoms with Crippen LogP contribution in [0.3, 0.4) is 0 Å². The molecular weight excluding hydrogens is 194 g/mol. The van der Waals surface area contributed by atoms with Gasteiger partial charge in [0.25, 0.3) is 0 Å². The van der Waals surface area contributed by atoms with Crippen LogP contribution >= 0.6 is 23.1 Å². The summed E-state index contributed by atoms with van der Waals surface area (Å²) < 4.78 is 0.785. The van der Waals surface area contributed by atoms with Gasteiger partial charge in [0.1, 0.15) is 4.88 Å². The van der Waals surface area contributed by atoms with Crippen LogP contribution in [-0.4, -0.2) is 16.1 Å². The number of hydrogen-bond acceptors (Lipinski definition) is 4. The number of aryl methyl sites for hydroxylation is 1. The first-order chi connectivity index (χ1) is 5.65. The molecule has 3 nitrogen and oxygen atoms in total. The number of carboxylic acids is 1. The van der Waals surface area contributed by atoms with E-state index in [1.54, 1.807) is 6.92 Å². The van der Waals surface area contributed by atoms with E-state index < -0.39 is 5.97 Å². The SMILES string of the molecule is C[CH]Sc1nc(C)c(C(=O)O)s1. The predicted molar refractivity (Wildman–Crippen MR) is 49.6 cm³/mol. The minimum Gasteiger partial charge on any atom is -0.477 e. The fraction of sp³-hybridized carbons (Fsp3) is 0.286. The molecular formula is C7H8NO2S2. The lowest BCUT2D eigenvalue weighted by molar-refractivity contribution is 0.0701. The summed E-state index contributed by atoms with van der Waals surface area (Å²) in [5.74, 6) is 0.983. The van der Waals surface area contributed by atoms with E-state index in [-0.39, 0.29) is 0 Å². The van der Waals surface area contributed by atoms with Crippen LogP contribution in [0.1, 0.15) is 22.3 Å². The number of thiazole rings is 1. The molecule has 0 saturated carbocycles. The maximum Gasteiger partial charge on any atom is 0.347 e. The quantitative estimate of drug-likeness (QED) is 0.765. The average molecular weight is 202 g/mol. The Kier molecular flexibility index (Phi) is 3.11. The van der Waals surface area contributed by atoms with Crippen molar-refractivity contribution in [2.24, 2.45) is 0 Å². The molecule has 0 aromatic carbocycles. The molecule has 1 aromatic heterocycles. The fourth-order valence-corrected chi connectivity index (χ4v) is 2.48. The third-order valence-corrected chi connectivity index (χ3v) is 3.20. The van der Waals surface area contributed by atoms with Crippen molar-refractivity contribution in [2.45, 2.75) is 18.2 Å². The topological polar surface area (TPSA) is 50.2 Å². The van der Waals surface area contributed by atoms with Gasteiger partial charge in [0.2, 0.25) is 0 Å². The summed E-state index contributed by atoms with van der Waals surface area (Å²) in [6.45, 7) is 3.60. The van der Waals surface area contributed by atoms with E-state index >= 15 is 0 Å². The Morgan fingerprint density at radius 1 is 1.75 bits per heavy atom. The highest BCUT2D eigenvalue weighted by atomic mass is 32.2. The number of aromatic nitrogens is 1. The Hall–Kier alpha value is -0.550. The highest BCUT2D eigenvalue weighted by Gasteiger charge is 2.13. The van der Waals surface area contributed by atoms with E-state index in [9.17, 15) is 4.79 Å². The molecule has 5 heteroatoms. The Morgan fingerprint density at radius 2 is 2.42 bits per heavy atom. The van der Waals surface area contributed by atoms with Crippen LogP contribution in [0.2, 0.25) is 0 Å². The first-order valence-electron chi connectivity index (χ1n) is 3.30. The van der Waals surface area contributed by atoms with Crippen molar-refractivity contribution >= 4 is 29.1 Å². The van der Waals surface area contributed by atoms with Crippen LogP contribution in [0.4, 0.5) is 0 Å². The number of nitrogens with zero attached hydrogens (tertiary/aromatic N) is 1. The van der Waals surface area contributed by atoms with Crippen molar-refractivity contribution in [1.29, 1.82) is 0 Å². The summed E-state index contributed by atoms with van der Waals surface area (Å²) in [6, 6.07) is 0. The van der Waals surface area contributed by atoms with Gasteiger partial charge in [-0.1, -0.05) is 18.7 Å². The Morgan fingerprint density at radius 3 is 2.83 bits per heavy atom. The van der Waals surface area contributed by atoms with Crippen molar-refractivity contribution in [3.8, 4) is 0 Å². The smallest absolute Gasteiger partial charge is 0.347 e. The molecule has 1 aromatic rings. The van der Waals surface area contributed by atoms with E-state index in [4.69, 9.17) is 5.11 Å². The summed E-state index contributed by atoms with van der Waals surface area (Å²) in [5.41, 5.74) is 0.594. The molecule has 1 heterocycles. The van der Waals surface area contributed by atoms with Gasteiger partial charge in [0, 0.05) is 5.75 Å². The molecule has 0 amide bonds. The maximum absolute atomic E-state index is 10.6. The molecule has 0 spiro atoms. The minimum atomic E-state index is -0.895. The van der Waals surface area contributed by atoms with Gasteiger partial charge in [0.05, 0.1) is 5.69 Å². The van der Waals surface area contributed by atoms with Crippen molar-refractivity contribution in [1.82, 2.24) is 4.98 Å². The monoisotopic (exact) mass is 202 g/mol. The van der Waals surface area contributed by atoms with E-state index in [1.807, 2.05) is 12.7 Å². The van der Waals surface area contributed by atoms with Crippen LogP contribution < -0.4 is 0 Å². The van der Waals surface area contributed by atoms with Gasteiger partial charge >= 0.3 is 5.97 Å². The normalized spacial score (nSPS) is 10.2. The van der Waals surface area contributed by atoms with Crippen molar-refractivity contribution in [3.05, 3.63) is 16.3 Å². The summed E-state index contributed by atoms with van der Waals surface area (Å²) in [4.78, 5) is 15.0. The fourth-order valence-electron chi connectivity index (χ4n) is 0.721. The second kappa shape index (κ2) is 3.91. The summed E-state index contributed by atoms with van der Waals surface area (Å²) >= 11 is 2.66. The predicted octanol–water partition coefficient (Wildman–Crippen LogP) is 2.42. The van der Waals surface area contributed by atoms with E-state index in [0.717, 1.165) is 4.34 Å². The van der Waals surface area contributed by atoms with Crippen LogP contribution in [0.15, 0.2) is 4.34 Å². The summed E-state index contributed by atoms with van der Waals surface area (Å²) in [6.07, 6.45) is 0. The number of thioether (sulfide) groups is 1. The lowest BCUT2D eigenvalue weighted by atomic mass is 10.4. The zero-order valence-electron chi connectivity index (χ0n) is 6.70. The third-order valence-electron chi connectivity index (χ3n) is 1.19. The molecule has 0 saturated heterocycles. The zero-order valence-corrected chi connectivity index (χ0v) is 8.33. The van der Waals surface area contributed by atoms with Gasteiger partial charge in [-0.3, -0.25) is 0 Å². The Balaban J connectivity index is 2.92. The van der Waals surface area contributed by atoms with Crippen LogP contribution in [0.5, 0.6) is 0 Å².